The monoisotopic (exact) mass is 608 g/mol. The summed E-state index contributed by atoms with van der Waals surface area (Å²) in [6.07, 6.45) is 9.13. The molecule has 1 aliphatic heterocycles. The summed E-state index contributed by atoms with van der Waals surface area (Å²) in [6, 6.07) is 17.5. The minimum atomic E-state index is -1.30. The largest absolute Gasteiger partial charge is 0.383 e. The topological polar surface area (TPSA) is 101 Å². The zero-order chi connectivity index (χ0) is 30.4. The summed E-state index contributed by atoms with van der Waals surface area (Å²) in [6.45, 7) is 7.03. The summed E-state index contributed by atoms with van der Waals surface area (Å²) in [5, 5.41) is 20.5. The highest BCUT2D eigenvalue weighted by Crippen LogP contribution is 2.51. The van der Waals surface area contributed by atoms with Crippen LogP contribution in [0.3, 0.4) is 0 Å². The zero-order valence-electron chi connectivity index (χ0n) is 24.2. The molecule has 2 aliphatic rings. The van der Waals surface area contributed by atoms with E-state index in [4.69, 9.17) is 31.0 Å². The third-order valence-corrected chi connectivity index (χ3v) is 8.48. The molecule has 1 saturated carbocycles. The second kappa shape index (κ2) is 10.9. The van der Waals surface area contributed by atoms with E-state index in [1.165, 1.54) is 0 Å². The maximum absolute atomic E-state index is 9.89. The molecule has 216 valence electrons. The van der Waals surface area contributed by atoms with Crippen LogP contribution in [-0.2, 0) is 11.0 Å². The maximum Gasteiger partial charge on any atom is 0.119 e. The second-order valence-electron chi connectivity index (χ2n) is 12.3. The molecule has 0 saturated heterocycles. The number of fused-ring (bicyclic) bond motifs is 1. The number of anilines is 2. The fourth-order valence-corrected chi connectivity index (χ4v) is 5.97. The molecule has 1 atom stereocenters. The van der Waals surface area contributed by atoms with Crippen molar-refractivity contribution in [3.63, 3.8) is 0 Å². The number of nitrogens with one attached hydrogen (secondary N) is 4. The number of pyridine rings is 2. The van der Waals surface area contributed by atoms with E-state index in [9.17, 15) is 5.26 Å². The molecule has 0 bridgehead atoms. The van der Waals surface area contributed by atoms with Gasteiger partial charge in [-0.15, -0.1) is 5.53 Å². The van der Waals surface area contributed by atoms with Crippen LogP contribution in [-0.4, -0.2) is 29.4 Å². The van der Waals surface area contributed by atoms with E-state index in [1.807, 2.05) is 53.8 Å². The van der Waals surface area contributed by atoms with Gasteiger partial charge in [-0.1, -0.05) is 68.2 Å². The first kappa shape index (κ1) is 29.1. The van der Waals surface area contributed by atoms with Crippen molar-refractivity contribution >= 4 is 53.3 Å². The lowest BCUT2D eigenvalue weighted by atomic mass is 9.69. The summed E-state index contributed by atoms with van der Waals surface area (Å²) in [7, 11) is 7.29. The normalized spacial score (nSPS) is 17.0. The molecule has 2 radical (unpaired) electrons. The fraction of sp³-hybridized carbons (Fsp3) is 0.281. The Bertz CT molecular complexity index is 1760. The summed E-state index contributed by atoms with van der Waals surface area (Å²) < 4.78 is 0. The summed E-state index contributed by atoms with van der Waals surface area (Å²) in [4.78, 5) is 8.83. The van der Waals surface area contributed by atoms with Crippen molar-refractivity contribution in [2.75, 3.05) is 17.2 Å². The van der Waals surface area contributed by atoms with Crippen LogP contribution in [0.4, 0.5) is 11.4 Å². The van der Waals surface area contributed by atoms with Crippen LogP contribution in [0.25, 0.3) is 10.9 Å². The fourth-order valence-electron chi connectivity index (χ4n) is 5.42. The van der Waals surface area contributed by atoms with Crippen molar-refractivity contribution in [1.82, 2.24) is 25.9 Å². The Hall–Kier alpha value is -3.97. The average molecular weight is 609 g/mol. The van der Waals surface area contributed by atoms with Gasteiger partial charge in [0.05, 0.1) is 38.5 Å². The minimum absolute atomic E-state index is 0.0212. The molecular formula is C32H31BCl2N8. The molecule has 1 unspecified atom stereocenters. The van der Waals surface area contributed by atoms with E-state index < -0.39 is 5.44 Å². The van der Waals surface area contributed by atoms with Gasteiger partial charge < -0.3 is 16.1 Å². The Morgan fingerprint density at radius 2 is 1.88 bits per heavy atom. The number of hydrogen-bond donors (Lipinski definition) is 4. The number of halogens is 2. The molecule has 43 heavy (non-hydrogen) atoms. The van der Waals surface area contributed by atoms with Gasteiger partial charge in [0.2, 0.25) is 0 Å². The molecule has 1 fully saturated rings. The molecule has 0 spiro atoms. The first-order valence-electron chi connectivity index (χ1n) is 14.1. The molecule has 11 heteroatoms. The van der Waals surface area contributed by atoms with E-state index in [-0.39, 0.29) is 11.0 Å². The average Bonchev–Trinajstić information content (AvgIpc) is 3.64. The van der Waals surface area contributed by atoms with Crippen LogP contribution in [0.15, 0.2) is 79.0 Å². The Morgan fingerprint density at radius 1 is 1.09 bits per heavy atom. The predicted octanol–water partition coefficient (Wildman–Crippen LogP) is 6.56. The van der Waals surface area contributed by atoms with E-state index >= 15 is 0 Å². The van der Waals surface area contributed by atoms with Crippen molar-refractivity contribution in [1.29, 1.82) is 5.26 Å². The molecule has 6 rings (SSSR count). The van der Waals surface area contributed by atoms with Crippen LogP contribution in [0.5, 0.6) is 0 Å². The molecule has 4 N–H and O–H groups in total. The van der Waals surface area contributed by atoms with Crippen LogP contribution >= 0.6 is 23.2 Å². The van der Waals surface area contributed by atoms with E-state index in [0.29, 0.717) is 55.7 Å². The number of hydrazine groups is 2. The standard InChI is InChI=1S/C32H31BCl2N8/c1-30(2,3)19-39-28-20(15-36)16-38-29-23(28)13-22(14-26(29)35)40-32(33,24-8-4-5-9-25(24)34)27-18-43(42-41-27)31(10-11-31)21-7-6-12-37-17-21/h4-9,12-14,16-18,40-42H,10-11,19H2,1-3H3,(H,38,39). The Balaban J connectivity index is 1.44. The second-order valence-corrected chi connectivity index (χ2v) is 13.1. The molecule has 2 aromatic carbocycles. The van der Waals surface area contributed by atoms with Crippen LogP contribution < -0.4 is 21.6 Å². The van der Waals surface area contributed by atoms with Crippen LogP contribution in [0, 0.1) is 16.7 Å². The van der Waals surface area contributed by atoms with E-state index in [1.54, 1.807) is 18.5 Å². The molecule has 4 aromatic rings. The highest BCUT2D eigenvalue weighted by atomic mass is 35.5. The minimum Gasteiger partial charge on any atom is -0.383 e. The smallest absolute Gasteiger partial charge is 0.119 e. The van der Waals surface area contributed by atoms with Crippen molar-refractivity contribution in [3.8, 4) is 6.07 Å². The van der Waals surface area contributed by atoms with Crippen LogP contribution in [0.2, 0.25) is 10.0 Å². The number of nitriles is 1. The lowest BCUT2D eigenvalue weighted by Crippen LogP contribution is -2.47. The first-order valence-corrected chi connectivity index (χ1v) is 14.8. The zero-order valence-corrected chi connectivity index (χ0v) is 25.7. The highest BCUT2D eigenvalue weighted by molar-refractivity contribution is 6.36. The van der Waals surface area contributed by atoms with Gasteiger partial charge in [-0.3, -0.25) is 15.0 Å². The Morgan fingerprint density at radius 3 is 2.56 bits per heavy atom. The SMILES string of the molecule is [B]C(Nc1cc(Cl)c2ncc(C#N)c(NCC(C)(C)C)c2c1)(C1=CN(C2(c3cccnc3)CC2)NN1)c1ccccc1Cl. The van der Waals surface area contributed by atoms with Gasteiger partial charge in [0.1, 0.15) is 13.9 Å². The van der Waals surface area contributed by atoms with E-state index in [0.717, 1.165) is 18.4 Å². The van der Waals surface area contributed by atoms with Gasteiger partial charge in [-0.05, 0) is 53.6 Å². The number of hydrogen-bond acceptors (Lipinski definition) is 8. The molecular weight excluding hydrogens is 578 g/mol. The molecule has 2 aromatic heterocycles. The molecule has 0 amide bonds. The molecule has 8 nitrogen and oxygen atoms in total. The summed E-state index contributed by atoms with van der Waals surface area (Å²) in [5.41, 5.74) is 9.80. The Kier molecular flexibility index (Phi) is 7.41. The van der Waals surface area contributed by atoms with Gasteiger partial charge >= 0.3 is 0 Å². The number of aromatic nitrogens is 2. The third kappa shape index (κ3) is 5.47. The van der Waals surface area contributed by atoms with Gasteiger partial charge in [-0.2, -0.15) is 5.26 Å². The summed E-state index contributed by atoms with van der Waals surface area (Å²) >= 11 is 13.6. The van der Waals surface area contributed by atoms with Crippen molar-refractivity contribution in [2.45, 2.75) is 44.6 Å². The van der Waals surface area contributed by atoms with Crippen molar-refractivity contribution < 1.29 is 0 Å². The number of rotatable bonds is 8. The van der Waals surface area contributed by atoms with Crippen molar-refractivity contribution in [3.05, 3.63) is 106 Å². The van der Waals surface area contributed by atoms with Gasteiger partial charge in [0, 0.05) is 47.4 Å². The molecule has 1 aliphatic carbocycles. The van der Waals surface area contributed by atoms with E-state index in [2.05, 4.69) is 64.5 Å². The third-order valence-electron chi connectivity index (χ3n) is 7.86. The number of benzene rings is 2. The maximum atomic E-state index is 9.89. The highest BCUT2D eigenvalue weighted by Gasteiger charge is 2.51. The quantitative estimate of drug-likeness (QED) is 0.167. The van der Waals surface area contributed by atoms with Gasteiger partial charge in [0.25, 0.3) is 0 Å². The lowest BCUT2D eigenvalue weighted by molar-refractivity contribution is 0.176. The molecule has 3 heterocycles. The van der Waals surface area contributed by atoms with Gasteiger partial charge in [0.15, 0.2) is 0 Å². The number of nitrogens with zero attached hydrogens (tertiary/aromatic N) is 4. The predicted molar refractivity (Wildman–Crippen MR) is 173 cm³/mol. The Labute approximate surface area is 262 Å². The lowest BCUT2D eigenvalue weighted by Gasteiger charge is -2.35. The van der Waals surface area contributed by atoms with Crippen LogP contribution in [0.1, 0.15) is 50.3 Å². The van der Waals surface area contributed by atoms with Gasteiger partial charge in [-0.25, -0.2) is 0 Å². The first-order chi connectivity index (χ1) is 20.5. The summed E-state index contributed by atoms with van der Waals surface area (Å²) in [5.74, 6) is 0. The van der Waals surface area contributed by atoms with Crippen molar-refractivity contribution in [2.24, 2.45) is 5.41 Å².